The van der Waals surface area contributed by atoms with E-state index in [0.717, 1.165) is 44.5 Å². The second kappa shape index (κ2) is 7.18. The minimum atomic E-state index is -0.180. The molecular weight excluding hydrogens is 358 g/mol. The Morgan fingerprint density at radius 2 is 2.04 bits per heavy atom. The van der Waals surface area contributed by atoms with Crippen molar-refractivity contribution in [2.45, 2.75) is 18.9 Å². The van der Waals surface area contributed by atoms with E-state index >= 15 is 0 Å². The molecule has 3 fully saturated rings. The molecule has 3 unspecified atom stereocenters. The number of hydrogen-bond acceptors (Lipinski definition) is 6. The summed E-state index contributed by atoms with van der Waals surface area (Å²) in [5.74, 6) is 0.697. The molecule has 0 aromatic carbocycles. The van der Waals surface area contributed by atoms with Crippen LogP contribution in [0.1, 0.15) is 33.9 Å². The van der Waals surface area contributed by atoms with E-state index in [1.54, 1.807) is 23.2 Å². The first-order valence-corrected chi connectivity index (χ1v) is 10.1. The fraction of sp³-hybridized carbons (Fsp3) is 0.550. The monoisotopic (exact) mass is 383 g/mol. The number of amides is 2. The van der Waals surface area contributed by atoms with Crippen molar-refractivity contribution < 1.29 is 14.0 Å². The van der Waals surface area contributed by atoms with E-state index in [4.69, 9.17) is 4.42 Å². The van der Waals surface area contributed by atoms with Crippen molar-refractivity contribution in [3.05, 3.63) is 29.8 Å². The molecule has 0 aliphatic carbocycles. The van der Waals surface area contributed by atoms with E-state index in [9.17, 15) is 9.59 Å². The Balaban J connectivity index is 1.30. The molecular formula is C20H25N5O3. The Bertz CT molecular complexity index is 892. The molecule has 8 heteroatoms. The number of carbonyl (C=O) groups is 2. The standard InChI is InChI=1S/C20H25N5O3/c26-19(23-15-7-13-1-4-24(11-13)12-15)16-9-17-14(10-22-16)8-18(28-17)20(27)25-5-2-21-3-6-25/h8-10,13,15,21H,1-7,11-12H2,(H,23,26). The van der Waals surface area contributed by atoms with Gasteiger partial charge in [0, 0.05) is 63.0 Å². The molecule has 8 nitrogen and oxygen atoms in total. The van der Waals surface area contributed by atoms with E-state index in [1.807, 2.05) is 0 Å². The van der Waals surface area contributed by atoms with Gasteiger partial charge in [0.1, 0.15) is 11.3 Å². The Hall–Kier alpha value is -2.45. The molecule has 0 radical (unpaired) electrons. The smallest absolute Gasteiger partial charge is 0.289 e. The molecule has 3 atom stereocenters. The predicted molar refractivity (Wildman–Crippen MR) is 103 cm³/mol. The molecule has 2 aromatic heterocycles. The van der Waals surface area contributed by atoms with Crippen LogP contribution in [0.5, 0.6) is 0 Å². The molecule has 2 bridgehead atoms. The summed E-state index contributed by atoms with van der Waals surface area (Å²) in [5.41, 5.74) is 0.849. The molecule has 5 rings (SSSR count). The van der Waals surface area contributed by atoms with E-state index in [0.29, 0.717) is 36.0 Å². The lowest BCUT2D eigenvalue weighted by atomic mass is 9.97. The maximum absolute atomic E-state index is 12.7. The number of hydrogen-bond donors (Lipinski definition) is 2. The third-order valence-electron chi connectivity index (χ3n) is 6.05. The van der Waals surface area contributed by atoms with Crippen LogP contribution in [0.3, 0.4) is 0 Å². The predicted octanol–water partition coefficient (Wildman–Crippen LogP) is 0.697. The van der Waals surface area contributed by atoms with Crippen molar-refractivity contribution in [1.82, 2.24) is 25.4 Å². The number of piperidine rings is 1. The molecule has 0 spiro atoms. The summed E-state index contributed by atoms with van der Waals surface area (Å²) in [5, 5.41) is 7.08. The van der Waals surface area contributed by atoms with Crippen LogP contribution in [0.15, 0.2) is 22.7 Å². The van der Waals surface area contributed by atoms with Crippen LogP contribution in [0, 0.1) is 5.92 Å². The van der Waals surface area contributed by atoms with E-state index in [2.05, 4.69) is 20.5 Å². The molecule has 28 heavy (non-hydrogen) atoms. The Kier molecular flexibility index (Phi) is 4.52. The quantitative estimate of drug-likeness (QED) is 0.811. The number of nitrogens with one attached hydrogen (secondary N) is 2. The molecule has 2 amide bonds. The first-order valence-electron chi connectivity index (χ1n) is 10.1. The Morgan fingerprint density at radius 3 is 2.86 bits per heavy atom. The summed E-state index contributed by atoms with van der Waals surface area (Å²) >= 11 is 0. The number of rotatable bonds is 3. The second-order valence-corrected chi connectivity index (χ2v) is 8.08. The average Bonchev–Trinajstić information content (AvgIpc) is 3.30. The summed E-state index contributed by atoms with van der Waals surface area (Å²) in [4.78, 5) is 33.8. The van der Waals surface area contributed by atoms with Crippen molar-refractivity contribution in [3.63, 3.8) is 0 Å². The summed E-state index contributed by atoms with van der Waals surface area (Å²) < 4.78 is 5.77. The van der Waals surface area contributed by atoms with Gasteiger partial charge in [-0.2, -0.15) is 0 Å². The van der Waals surface area contributed by atoms with Gasteiger partial charge in [-0.05, 0) is 31.4 Å². The zero-order valence-electron chi connectivity index (χ0n) is 15.8. The van der Waals surface area contributed by atoms with Gasteiger partial charge in [-0.3, -0.25) is 14.6 Å². The highest BCUT2D eigenvalue weighted by Gasteiger charge is 2.33. The van der Waals surface area contributed by atoms with Gasteiger partial charge in [-0.1, -0.05) is 0 Å². The van der Waals surface area contributed by atoms with Crippen LogP contribution in [0.4, 0.5) is 0 Å². The Labute approximate surface area is 163 Å². The maximum atomic E-state index is 12.7. The molecule has 3 aliphatic heterocycles. The fourth-order valence-electron chi connectivity index (χ4n) is 4.61. The van der Waals surface area contributed by atoms with Crippen molar-refractivity contribution in [3.8, 4) is 0 Å². The number of furan rings is 1. The van der Waals surface area contributed by atoms with Crippen molar-refractivity contribution in [2.75, 3.05) is 45.8 Å². The van der Waals surface area contributed by atoms with Crippen LogP contribution in [-0.2, 0) is 0 Å². The van der Waals surface area contributed by atoms with Gasteiger partial charge in [-0.25, -0.2) is 0 Å². The number of aromatic nitrogens is 1. The normalized spacial score (nSPS) is 27.1. The van der Waals surface area contributed by atoms with Crippen LogP contribution in [0.25, 0.3) is 11.0 Å². The average molecular weight is 383 g/mol. The minimum absolute atomic E-state index is 0.115. The van der Waals surface area contributed by atoms with Crippen LogP contribution < -0.4 is 10.6 Å². The highest BCUT2D eigenvalue weighted by atomic mass is 16.3. The van der Waals surface area contributed by atoms with Gasteiger partial charge in [0.05, 0.1) is 0 Å². The number of fused-ring (bicyclic) bond motifs is 3. The van der Waals surface area contributed by atoms with E-state index < -0.39 is 0 Å². The molecule has 2 N–H and O–H groups in total. The largest absolute Gasteiger partial charge is 0.451 e. The first-order chi connectivity index (χ1) is 13.7. The highest BCUT2D eigenvalue weighted by Crippen LogP contribution is 2.27. The molecule has 2 aromatic rings. The topological polar surface area (TPSA) is 90.7 Å². The second-order valence-electron chi connectivity index (χ2n) is 8.08. The van der Waals surface area contributed by atoms with E-state index in [-0.39, 0.29) is 17.9 Å². The third-order valence-corrected chi connectivity index (χ3v) is 6.05. The summed E-state index contributed by atoms with van der Waals surface area (Å²) in [6.45, 7) is 6.12. The van der Waals surface area contributed by atoms with E-state index in [1.165, 1.54) is 6.42 Å². The summed E-state index contributed by atoms with van der Waals surface area (Å²) in [6.07, 6.45) is 3.87. The number of carbonyl (C=O) groups excluding carboxylic acids is 2. The maximum Gasteiger partial charge on any atom is 0.289 e. The number of pyridine rings is 1. The van der Waals surface area contributed by atoms with Crippen molar-refractivity contribution >= 4 is 22.8 Å². The lowest BCUT2D eigenvalue weighted by Gasteiger charge is -2.30. The summed E-state index contributed by atoms with van der Waals surface area (Å²) in [6, 6.07) is 3.52. The zero-order chi connectivity index (χ0) is 19.1. The molecule has 3 aliphatic rings. The molecule has 3 saturated heterocycles. The van der Waals surface area contributed by atoms with Crippen molar-refractivity contribution in [1.29, 1.82) is 0 Å². The van der Waals surface area contributed by atoms with Gasteiger partial charge < -0.3 is 24.9 Å². The first kappa shape index (κ1) is 17.6. The molecule has 148 valence electrons. The van der Waals surface area contributed by atoms with Gasteiger partial charge in [0.15, 0.2) is 5.76 Å². The third kappa shape index (κ3) is 3.38. The SMILES string of the molecule is O=C(NC1CC2CCN(C2)C1)c1cc2oc(C(=O)N3CCNCC3)cc2cn1. The summed E-state index contributed by atoms with van der Waals surface area (Å²) in [7, 11) is 0. The van der Waals surface area contributed by atoms with Gasteiger partial charge in [0.2, 0.25) is 0 Å². The number of piperazine rings is 1. The lowest BCUT2D eigenvalue weighted by molar-refractivity contribution is 0.0706. The lowest BCUT2D eigenvalue weighted by Crippen LogP contribution is -2.47. The van der Waals surface area contributed by atoms with Crippen LogP contribution >= 0.6 is 0 Å². The fourth-order valence-corrected chi connectivity index (χ4v) is 4.61. The minimum Gasteiger partial charge on any atom is -0.451 e. The zero-order valence-corrected chi connectivity index (χ0v) is 15.8. The van der Waals surface area contributed by atoms with Gasteiger partial charge in [-0.15, -0.1) is 0 Å². The number of nitrogens with zero attached hydrogens (tertiary/aromatic N) is 3. The Morgan fingerprint density at radius 1 is 1.18 bits per heavy atom. The van der Waals surface area contributed by atoms with Crippen LogP contribution in [0.2, 0.25) is 0 Å². The molecule has 0 saturated carbocycles. The molecule has 5 heterocycles. The van der Waals surface area contributed by atoms with Crippen molar-refractivity contribution in [2.24, 2.45) is 5.92 Å². The van der Waals surface area contributed by atoms with Gasteiger partial charge in [0.25, 0.3) is 11.8 Å². The van der Waals surface area contributed by atoms with Gasteiger partial charge >= 0.3 is 0 Å². The highest BCUT2D eigenvalue weighted by molar-refractivity contribution is 5.98. The van der Waals surface area contributed by atoms with Crippen LogP contribution in [-0.4, -0.2) is 78.5 Å².